The molecule has 0 aromatic heterocycles. The lowest BCUT2D eigenvalue weighted by Gasteiger charge is -2.13. The molecule has 1 nitrogen and oxygen atoms in total. The minimum atomic E-state index is 0.215. The molecule has 0 unspecified atom stereocenters. The topological polar surface area (TPSA) is 20.2 Å². The maximum atomic E-state index is 9.30. The molecule has 15 heavy (non-hydrogen) atoms. The van der Waals surface area contributed by atoms with E-state index in [-0.39, 0.29) is 5.41 Å². The smallest absolute Gasteiger partial charge is 0.0490 e. The van der Waals surface area contributed by atoms with Crippen LogP contribution in [0.15, 0.2) is 16.6 Å². The molecule has 1 aliphatic carbocycles. The second-order valence-corrected chi connectivity index (χ2v) is 5.67. The van der Waals surface area contributed by atoms with Crippen LogP contribution in [0.4, 0.5) is 0 Å². The highest BCUT2D eigenvalue weighted by Crippen LogP contribution is 2.48. The minimum Gasteiger partial charge on any atom is -0.396 e. The number of benzene rings is 1. The molecule has 1 aromatic carbocycles. The van der Waals surface area contributed by atoms with Crippen LogP contribution in [0.3, 0.4) is 0 Å². The summed E-state index contributed by atoms with van der Waals surface area (Å²) in [6.45, 7) is 4.58. The van der Waals surface area contributed by atoms with Crippen molar-refractivity contribution in [3.63, 3.8) is 0 Å². The molecule has 2 heteroatoms. The third kappa shape index (κ3) is 2.26. The standard InChI is InChI=1S/C13H17BrO/c1-9-5-11(6-10(2)12(9)14)7-13(8-15)3-4-13/h5-6,15H,3-4,7-8H2,1-2H3. The lowest BCUT2D eigenvalue weighted by Crippen LogP contribution is -2.10. The molecular formula is C13H17BrO. The third-order valence-corrected chi connectivity index (χ3v) is 4.62. The van der Waals surface area contributed by atoms with Crippen molar-refractivity contribution in [2.75, 3.05) is 6.61 Å². The first-order chi connectivity index (χ1) is 7.06. The quantitative estimate of drug-likeness (QED) is 0.891. The van der Waals surface area contributed by atoms with Crippen LogP contribution in [0, 0.1) is 19.3 Å². The molecule has 1 aromatic rings. The SMILES string of the molecule is Cc1cc(CC2(CO)CC2)cc(C)c1Br. The highest BCUT2D eigenvalue weighted by Gasteiger charge is 2.41. The molecule has 0 bridgehead atoms. The highest BCUT2D eigenvalue weighted by atomic mass is 79.9. The van der Waals surface area contributed by atoms with Gasteiger partial charge in [0.2, 0.25) is 0 Å². The Morgan fingerprint density at radius 1 is 1.27 bits per heavy atom. The lowest BCUT2D eigenvalue weighted by molar-refractivity contribution is 0.211. The molecule has 0 atom stereocenters. The van der Waals surface area contributed by atoms with Gasteiger partial charge in [0.1, 0.15) is 0 Å². The number of aliphatic hydroxyl groups excluding tert-OH is 1. The van der Waals surface area contributed by atoms with Gasteiger partial charge < -0.3 is 5.11 Å². The molecular weight excluding hydrogens is 252 g/mol. The first kappa shape index (κ1) is 11.2. The van der Waals surface area contributed by atoms with Gasteiger partial charge in [-0.2, -0.15) is 0 Å². The van der Waals surface area contributed by atoms with Crippen LogP contribution in [0.5, 0.6) is 0 Å². The summed E-state index contributed by atoms with van der Waals surface area (Å²) in [6, 6.07) is 4.46. The van der Waals surface area contributed by atoms with Crippen molar-refractivity contribution in [2.24, 2.45) is 5.41 Å². The first-order valence-corrected chi connectivity index (χ1v) is 6.22. The fourth-order valence-electron chi connectivity index (χ4n) is 2.14. The Morgan fingerprint density at radius 3 is 2.20 bits per heavy atom. The Kier molecular flexibility index (Phi) is 2.91. The molecule has 1 N–H and O–H groups in total. The molecule has 0 amide bonds. The van der Waals surface area contributed by atoms with Gasteiger partial charge in [0.25, 0.3) is 0 Å². The van der Waals surface area contributed by atoms with Crippen molar-refractivity contribution in [2.45, 2.75) is 33.1 Å². The maximum Gasteiger partial charge on any atom is 0.0490 e. The Bertz CT molecular complexity index is 357. The maximum absolute atomic E-state index is 9.30. The van der Waals surface area contributed by atoms with E-state index in [9.17, 15) is 5.11 Å². The molecule has 82 valence electrons. The largest absolute Gasteiger partial charge is 0.396 e. The van der Waals surface area contributed by atoms with E-state index in [1.807, 2.05) is 0 Å². The Labute approximate surface area is 99.6 Å². The van der Waals surface area contributed by atoms with Crippen molar-refractivity contribution in [1.29, 1.82) is 0 Å². The van der Waals surface area contributed by atoms with Crippen LogP contribution < -0.4 is 0 Å². The van der Waals surface area contributed by atoms with Gasteiger partial charge in [-0.25, -0.2) is 0 Å². The van der Waals surface area contributed by atoms with Gasteiger partial charge in [0.05, 0.1) is 0 Å². The van der Waals surface area contributed by atoms with Crippen molar-refractivity contribution in [1.82, 2.24) is 0 Å². The lowest BCUT2D eigenvalue weighted by atomic mass is 9.95. The van der Waals surface area contributed by atoms with E-state index in [1.165, 1.54) is 34.0 Å². The van der Waals surface area contributed by atoms with E-state index in [0.717, 1.165) is 6.42 Å². The van der Waals surface area contributed by atoms with Crippen LogP contribution in [-0.4, -0.2) is 11.7 Å². The van der Waals surface area contributed by atoms with Crippen LogP contribution >= 0.6 is 15.9 Å². The fourth-order valence-corrected chi connectivity index (χ4v) is 2.37. The average Bonchev–Trinajstić information content (AvgIpc) is 2.95. The zero-order valence-corrected chi connectivity index (χ0v) is 10.9. The van der Waals surface area contributed by atoms with Crippen LogP contribution in [-0.2, 0) is 6.42 Å². The van der Waals surface area contributed by atoms with Crippen LogP contribution in [0.1, 0.15) is 29.5 Å². The summed E-state index contributed by atoms with van der Waals surface area (Å²) in [5, 5.41) is 9.30. The predicted molar refractivity (Wildman–Crippen MR) is 66.1 cm³/mol. The van der Waals surface area contributed by atoms with Gasteiger partial charge >= 0.3 is 0 Å². The highest BCUT2D eigenvalue weighted by molar-refractivity contribution is 9.10. The van der Waals surface area contributed by atoms with Crippen molar-refractivity contribution in [3.8, 4) is 0 Å². The molecule has 0 radical (unpaired) electrons. The van der Waals surface area contributed by atoms with E-state index in [0.29, 0.717) is 6.61 Å². The fraction of sp³-hybridized carbons (Fsp3) is 0.538. The zero-order chi connectivity index (χ0) is 11.1. The second-order valence-electron chi connectivity index (χ2n) is 4.88. The summed E-state index contributed by atoms with van der Waals surface area (Å²) in [7, 11) is 0. The van der Waals surface area contributed by atoms with Crippen LogP contribution in [0.25, 0.3) is 0 Å². The molecule has 2 rings (SSSR count). The Balaban J connectivity index is 2.23. The van der Waals surface area contributed by atoms with Gasteiger partial charge in [-0.1, -0.05) is 28.1 Å². The second kappa shape index (κ2) is 3.91. The van der Waals surface area contributed by atoms with Gasteiger partial charge in [-0.15, -0.1) is 0 Å². The molecule has 1 saturated carbocycles. The minimum absolute atomic E-state index is 0.215. The third-order valence-electron chi connectivity index (χ3n) is 3.37. The first-order valence-electron chi connectivity index (χ1n) is 5.43. The molecule has 0 saturated heterocycles. The summed E-state index contributed by atoms with van der Waals surface area (Å²) >= 11 is 3.58. The van der Waals surface area contributed by atoms with Crippen LogP contribution in [0.2, 0.25) is 0 Å². The van der Waals surface area contributed by atoms with Crippen molar-refractivity contribution in [3.05, 3.63) is 33.3 Å². The average molecular weight is 269 g/mol. The number of rotatable bonds is 3. The van der Waals surface area contributed by atoms with E-state index < -0.39 is 0 Å². The van der Waals surface area contributed by atoms with E-state index in [4.69, 9.17) is 0 Å². The monoisotopic (exact) mass is 268 g/mol. The molecule has 0 heterocycles. The van der Waals surface area contributed by atoms with Crippen molar-refractivity contribution >= 4 is 15.9 Å². The molecule has 1 aliphatic rings. The number of aryl methyl sites for hydroxylation is 2. The van der Waals surface area contributed by atoms with E-state index >= 15 is 0 Å². The van der Waals surface area contributed by atoms with Gasteiger partial charge in [-0.05, 0) is 55.2 Å². The van der Waals surface area contributed by atoms with Gasteiger partial charge in [0.15, 0.2) is 0 Å². The van der Waals surface area contributed by atoms with Crippen molar-refractivity contribution < 1.29 is 5.11 Å². The Hall–Kier alpha value is -0.340. The summed E-state index contributed by atoms with van der Waals surface area (Å²) in [5.74, 6) is 0. The van der Waals surface area contributed by atoms with E-state index in [2.05, 4.69) is 41.9 Å². The summed E-state index contributed by atoms with van der Waals surface area (Å²) in [4.78, 5) is 0. The predicted octanol–water partition coefficient (Wildman–Crippen LogP) is 3.38. The molecule has 0 spiro atoms. The number of hydrogen-bond acceptors (Lipinski definition) is 1. The number of hydrogen-bond donors (Lipinski definition) is 1. The van der Waals surface area contributed by atoms with Gasteiger partial charge in [0, 0.05) is 11.1 Å². The van der Waals surface area contributed by atoms with Gasteiger partial charge in [-0.3, -0.25) is 0 Å². The summed E-state index contributed by atoms with van der Waals surface area (Å²) in [5.41, 5.74) is 4.16. The molecule has 1 fully saturated rings. The zero-order valence-electron chi connectivity index (χ0n) is 9.31. The number of halogens is 1. The summed E-state index contributed by atoms with van der Waals surface area (Å²) < 4.78 is 1.21. The normalized spacial score (nSPS) is 17.9. The molecule has 0 aliphatic heterocycles. The summed E-state index contributed by atoms with van der Waals surface area (Å²) in [6.07, 6.45) is 3.38. The Morgan fingerprint density at radius 2 is 1.80 bits per heavy atom. The van der Waals surface area contributed by atoms with E-state index in [1.54, 1.807) is 0 Å². The number of aliphatic hydroxyl groups is 1.